The maximum absolute atomic E-state index is 11.9. The largest absolute Gasteiger partial charge is 0.465 e. The predicted octanol–water partition coefficient (Wildman–Crippen LogP) is 4.33. The van der Waals surface area contributed by atoms with E-state index in [4.69, 9.17) is 18.9 Å². The first-order valence-corrected chi connectivity index (χ1v) is 12.3. The second kappa shape index (κ2) is 10.9. The second-order valence-corrected chi connectivity index (χ2v) is 9.77. The third-order valence-corrected chi connectivity index (χ3v) is 7.20. The molecule has 6 heteroatoms. The van der Waals surface area contributed by atoms with Gasteiger partial charge in [0.15, 0.2) is 0 Å². The van der Waals surface area contributed by atoms with Crippen molar-refractivity contribution in [3.63, 3.8) is 0 Å². The summed E-state index contributed by atoms with van der Waals surface area (Å²) >= 11 is 0. The molecule has 6 nitrogen and oxygen atoms in total. The number of carbonyl (C=O) groups is 2. The van der Waals surface area contributed by atoms with Gasteiger partial charge in [0.2, 0.25) is 0 Å². The van der Waals surface area contributed by atoms with Gasteiger partial charge in [0.05, 0.1) is 37.6 Å². The van der Waals surface area contributed by atoms with Crippen molar-refractivity contribution in [2.45, 2.75) is 114 Å². The summed E-state index contributed by atoms with van der Waals surface area (Å²) in [5.74, 6) is 0.870. The van der Waals surface area contributed by atoms with Crippen LogP contribution < -0.4 is 0 Å². The first kappa shape index (κ1) is 22.1. The van der Waals surface area contributed by atoms with E-state index in [9.17, 15) is 9.59 Å². The van der Waals surface area contributed by atoms with Crippen molar-refractivity contribution >= 4 is 11.9 Å². The van der Waals surface area contributed by atoms with Gasteiger partial charge in [-0.1, -0.05) is 25.7 Å². The van der Waals surface area contributed by atoms with Crippen molar-refractivity contribution in [2.24, 2.45) is 11.8 Å². The van der Waals surface area contributed by atoms with Gasteiger partial charge in [-0.05, 0) is 63.2 Å². The zero-order valence-electron chi connectivity index (χ0n) is 18.2. The fourth-order valence-corrected chi connectivity index (χ4v) is 5.09. The van der Waals surface area contributed by atoms with Gasteiger partial charge < -0.3 is 18.9 Å². The Morgan fingerprint density at radius 2 is 1.03 bits per heavy atom. The molecule has 4 rings (SSSR count). The number of carbonyl (C=O) groups excluding carboxylic acids is 2. The van der Waals surface area contributed by atoms with Crippen LogP contribution in [0.25, 0.3) is 0 Å². The number of epoxide rings is 2. The fourth-order valence-electron chi connectivity index (χ4n) is 5.09. The molecule has 0 N–H and O–H groups in total. The van der Waals surface area contributed by atoms with Crippen LogP contribution in [0.2, 0.25) is 0 Å². The van der Waals surface area contributed by atoms with Gasteiger partial charge in [-0.15, -0.1) is 0 Å². The summed E-state index contributed by atoms with van der Waals surface area (Å²) in [6, 6.07) is 0. The molecule has 0 aromatic heterocycles. The molecule has 6 atom stereocenters. The monoisotopic (exact) mass is 422 g/mol. The molecule has 0 spiro atoms. The van der Waals surface area contributed by atoms with E-state index in [1.807, 2.05) is 0 Å². The summed E-state index contributed by atoms with van der Waals surface area (Å²) in [4.78, 5) is 23.7. The minimum absolute atomic E-state index is 0.0571. The molecule has 0 bridgehead atoms. The number of hydrogen-bond donors (Lipinski definition) is 0. The molecule has 2 saturated carbocycles. The molecule has 2 saturated heterocycles. The molecule has 2 aliphatic heterocycles. The molecular formula is C24H38O6. The SMILES string of the molecule is O=C(CCCCCCCCC(=O)OCC1CCC2OC2C1)OCC1CCC2OC2C1. The van der Waals surface area contributed by atoms with Crippen LogP contribution in [0.4, 0.5) is 0 Å². The fraction of sp³-hybridized carbons (Fsp3) is 0.917. The Morgan fingerprint density at radius 1 is 0.600 bits per heavy atom. The van der Waals surface area contributed by atoms with Crippen LogP contribution in [-0.2, 0) is 28.5 Å². The highest BCUT2D eigenvalue weighted by Gasteiger charge is 2.44. The zero-order chi connectivity index (χ0) is 20.8. The van der Waals surface area contributed by atoms with E-state index in [-0.39, 0.29) is 11.9 Å². The van der Waals surface area contributed by atoms with E-state index >= 15 is 0 Å². The third-order valence-electron chi connectivity index (χ3n) is 7.20. The Bertz CT molecular complexity index is 528. The van der Waals surface area contributed by atoms with E-state index in [1.165, 1.54) is 0 Å². The summed E-state index contributed by atoms with van der Waals surface area (Å²) in [6.45, 7) is 1.13. The van der Waals surface area contributed by atoms with Crippen molar-refractivity contribution in [1.29, 1.82) is 0 Å². The minimum atomic E-state index is -0.0571. The Morgan fingerprint density at radius 3 is 1.47 bits per heavy atom. The van der Waals surface area contributed by atoms with Gasteiger partial charge in [-0.2, -0.15) is 0 Å². The van der Waals surface area contributed by atoms with Crippen molar-refractivity contribution in [2.75, 3.05) is 13.2 Å². The van der Waals surface area contributed by atoms with Crippen LogP contribution in [-0.4, -0.2) is 49.6 Å². The zero-order valence-corrected chi connectivity index (χ0v) is 18.2. The second-order valence-electron chi connectivity index (χ2n) is 9.77. The molecule has 2 heterocycles. The van der Waals surface area contributed by atoms with Crippen molar-refractivity contribution in [3.05, 3.63) is 0 Å². The van der Waals surface area contributed by atoms with E-state index in [0.29, 0.717) is 62.3 Å². The highest BCUT2D eigenvalue weighted by atomic mass is 16.6. The lowest BCUT2D eigenvalue weighted by Crippen LogP contribution is -2.20. The first-order valence-electron chi connectivity index (χ1n) is 12.3. The Balaban J connectivity index is 0.907. The first-order chi connectivity index (χ1) is 14.7. The van der Waals surface area contributed by atoms with Gasteiger partial charge >= 0.3 is 11.9 Å². The molecule has 0 aromatic rings. The molecular weight excluding hydrogens is 384 g/mol. The van der Waals surface area contributed by atoms with Crippen LogP contribution in [0.1, 0.15) is 89.9 Å². The number of esters is 2. The lowest BCUT2D eigenvalue weighted by molar-refractivity contribution is -0.146. The topological polar surface area (TPSA) is 77.7 Å². The van der Waals surface area contributed by atoms with Gasteiger partial charge in [0.25, 0.3) is 0 Å². The van der Waals surface area contributed by atoms with E-state index < -0.39 is 0 Å². The molecule has 0 aromatic carbocycles. The highest BCUT2D eigenvalue weighted by molar-refractivity contribution is 5.69. The van der Waals surface area contributed by atoms with Gasteiger partial charge in [-0.3, -0.25) is 9.59 Å². The maximum atomic E-state index is 11.9. The summed E-state index contributed by atoms with van der Waals surface area (Å²) in [5, 5.41) is 0. The van der Waals surface area contributed by atoms with Gasteiger partial charge in [-0.25, -0.2) is 0 Å². The Labute approximate surface area is 180 Å². The molecule has 170 valence electrons. The minimum Gasteiger partial charge on any atom is -0.465 e. The Kier molecular flexibility index (Phi) is 8.05. The van der Waals surface area contributed by atoms with Crippen LogP contribution in [0, 0.1) is 11.8 Å². The molecule has 4 fully saturated rings. The Hall–Kier alpha value is -1.14. The van der Waals surface area contributed by atoms with Crippen LogP contribution in [0.3, 0.4) is 0 Å². The maximum Gasteiger partial charge on any atom is 0.305 e. The number of unbranched alkanes of at least 4 members (excludes halogenated alkanes) is 5. The molecule has 4 aliphatic rings. The third kappa shape index (κ3) is 7.23. The van der Waals surface area contributed by atoms with E-state index in [1.54, 1.807) is 0 Å². The highest BCUT2D eigenvalue weighted by Crippen LogP contribution is 2.40. The number of rotatable bonds is 13. The number of fused-ring (bicyclic) bond motifs is 2. The molecule has 2 aliphatic carbocycles. The molecule has 6 unspecified atom stereocenters. The van der Waals surface area contributed by atoms with Crippen molar-refractivity contribution in [3.8, 4) is 0 Å². The van der Waals surface area contributed by atoms with Gasteiger partial charge in [0, 0.05) is 12.8 Å². The normalized spacial score (nSPS) is 33.9. The quantitative estimate of drug-likeness (QED) is 0.250. The average Bonchev–Trinajstić information content (AvgIpc) is 3.66. The molecule has 0 radical (unpaired) electrons. The smallest absolute Gasteiger partial charge is 0.305 e. The van der Waals surface area contributed by atoms with Crippen LogP contribution in [0.15, 0.2) is 0 Å². The van der Waals surface area contributed by atoms with E-state index in [2.05, 4.69) is 0 Å². The van der Waals surface area contributed by atoms with Crippen LogP contribution in [0.5, 0.6) is 0 Å². The van der Waals surface area contributed by atoms with E-state index in [0.717, 1.165) is 77.0 Å². The average molecular weight is 423 g/mol. The summed E-state index contributed by atoms with van der Waals surface area (Å²) in [6.07, 6.45) is 15.7. The lowest BCUT2D eigenvalue weighted by Gasteiger charge is -2.18. The summed E-state index contributed by atoms with van der Waals surface area (Å²) < 4.78 is 21.9. The summed E-state index contributed by atoms with van der Waals surface area (Å²) in [5.41, 5.74) is 0. The molecule has 30 heavy (non-hydrogen) atoms. The predicted molar refractivity (Wildman–Crippen MR) is 111 cm³/mol. The number of hydrogen-bond acceptors (Lipinski definition) is 6. The lowest BCUT2D eigenvalue weighted by atomic mass is 9.90. The summed E-state index contributed by atoms with van der Waals surface area (Å²) in [7, 11) is 0. The van der Waals surface area contributed by atoms with Crippen molar-refractivity contribution < 1.29 is 28.5 Å². The standard InChI is InChI=1S/C24H38O6/c25-23(27-15-17-9-11-19-21(13-17)29-19)7-5-3-1-2-4-6-8-24(26)28-16-18-10-12-20-22(14-18)30-20/h17-22H,1-16H2. The van der Waals surface area contributed by atoms with Gasteiger partial charge in [0.1, 0.15) is 0 Å². The van der Waals surface area contributed by atoms with Crippen molar-refractivity contribution in [1.82, 2.24) is 0 Å². The van der Waals surface area contributed by atoms with Crippen LogP contribution >= 0.6 is 0 Å². The molecule has 0 amide bonds. The number of ether oxygens (including phenoxy) is 4.